The van der Waals surface area contributed by atoms with Crippen molar-refractivity contribution in [2.75, 3.05) is 0 Å². The SMILES string of the molecule is CC(C)Oc1cc(-c2cc(=O)n(C)[nH]2)c(F)cc1Cl. The van der Waals surface area contributed by atoms with Gasteiger partial charge in [-0.3, -0.25) is 14.6 Å². The Bertz CT molecular complexity index is 661. The van der Waals surface area contributed by atoms with Gasteiger partial charge in [0.1, 0.15) is 11.6 Å². The van der Waals surface area contributed by atoms with E-state index in [1.165, 1.54) is 22.9 Å². The van der Waals surface area contributed by atoms with E-state index < -0.39 is 5.82 Å². The van der Waals surface area contributed by atoms with Crippen LogP contribution in [0.2, 0.25) is 5.02 Å². The third-order valence-corrected chi connectivity index (χ3v) is 2.86. The fraction of sp³-hybridized carbons (Fsp3) is 0.308. The molecule has 0 fully saturated rings. The highest BCUT2D eigenvalue weighted by Crippen LogP contribution is 2.32. The largest absolute Gasteiger partial charge is 0.489 e. The molecule has 1 N–H and O–H groups in total. The van der Waals surface area contributed by atoms with Crippen molar-refractivity contribution in [2.45, 2.75) is 20.0 Å². The second kappa shape index (κ2) is 5.09. The van der Waals surface area contributed by atoms with Crippen LogP contribution in [0.25, 0.3) is 11.3 Å². The minimum atomic E-state index is -0.511. The Morgan fingerprint density at radius 3 is 2.58 bits per heavy atom. The van der Waals surface area contributed by atoms with Gasteiger partial charge in [-0.25, -0.2) is 4.39 Å². The zero-order chi connectivity index (χ0) is 14.2. The van der Waals surface area contributed by atoms with Crippen LogP contribution in [0.4, 0.5) is 4.39 Å². The predicted molar refractivity (Wildman–Crippen MR) is 72.2 cm³/mol. The first-order chi connectivity index (χ1) is 8.88. The van der Waals surface area contributed by atoms with Crippen LogP contribution >= 0.6 is 11.6 Å². The van der Waals surface area contributed by atoms with Gasteiger partial charge in [0, 0.05) is 18.7 Å². The fourth-order valence-corrected chi connectivity index (χ4v) is 1.90. The van der Waals surface area contributed by atoms with Crippen LogP contribution in [0, 0.1) is 5.82 Å². The summed E-state index contributed by atoms with van der Waals surface area (Å²) in [7, 11) is 1.56. The first-order valence-electron chi connectivity index (χ1n) is 5.80. The molecule has 2 rings (SSSR count). The molecule has 0 spiro atoms. The fourth-order valence-electron chi connectivity index (χ4n) is 1.71. The van der Waals surface area contributed by atoms with E-state index in [-0.39, 0.29) is 22.2 Å². The van der Waals surface area contributed by atoms with Crippen molar-refractivity contribution >= 4 is 11.6 Å². The minimum absolute atomic E-state index is 0.0781. The maximum atomic E-state index is 13.9. The van der Waals surface area contributed by atoms with Gasteiger partial charge in [0.2, 0.25) is 0 Å². The molecule has 0 unspecified atom stereocenters. The van der Waals surface area contributed by atoms with Gasteiger partial charge >= 0.3 is 0 Å². The Balaban J connectivity index is 2.53. The highest BCUT2D eigenvalue weighted by Gasteiger charge is 2.14. The van der Waals surface area contributed by atoms with Crippen molar-refractivity contribution < 1.29 is 9.13 Å². The van der Waals surface area contributed by atoms with E-state index in [2.05, 4.69) is 5.10 Å². The van der Waals surface area contributed by atoms with E-state index in [9.17, 15) is 9.18 Å². The summed E-state index contributed by atoms with van der Waals surface area (Å²) in [4.78, 5) is 11.4. The molecule has 1 heterocycles. The number of nitrogens with one attached hydrogen (secondary N) is 1. The van der Waals surface area contributed by atoms with Crippen molar-refractivity contribution in [3.05, 3.63) is 39.4 Å². The summed E-state index contributed by atoms with van der Waals surface area (Å²) in [6, 6.07) is 3.99. The van der Waals surface area contributed by atoms with Crippen LogP contribution in [-0.2, 0) is 7.05 Å². The average Bonchev–Trinajstić information content (AvgIpc) is 2.62. The van der Waals surface area contributed by atoms with E-state index in [0.29, 0.717) is 11.4 Å². The molecule has 1 aromatic carbocycles. The maximum Gasteiger partial charge on any atom is 0.266 e. The molecule has 0 saturated carbocycles. The number of H-pyrrole nitrogens is 1. The second-order valence-corrected chi connectivity index (χ2v) is 4.90. The van der Waals surface area contributed by atoms with Crippen LogP contribution in [-0.4, -0.2) is 15.9 Å². The standard InChI is InChI=1S/C13H14ClFN2O2/c1-7(2)19-12-4-8(10(15)5-9(12)14)11-6-13(18)17(3)16-11/h4-7,16H,1-3H3. The Morgan fingerprint density at radius 1 is 1.37 bits per heavy atom. The van der Waals surface area contributed by atoms with Crippen LogP contribution in [0.15, 0.2) is 23.0 Å². The molecule has 0 amide bonds. The van der Waals surface area contributed by atoms with Gasteiger partial charge in [-0.15, -0.1) is 0 Å². The number of aryl methyl sites for hydroxylation is 1. The molecule has 19 heavy (non-hydrogen) atoms. The third-order valence-electron chi connectivity index (χ3n) is 2.56. The number of nitrogens with zero attached hydrogens (tertiary/aromatic N) is 1. The molecule has 0 aliphatic rings. The van der Waals surface area contributed by atoms with Gasteiger partial charge in [-0.1, -0.05) is 11.6 Å². The highest BCUT2D eigenvalue weighted by atomic mass is 35.5. The van der Waals surface area contributed by atoms with Gasteiger partial charge in [-0.2, -0.15) is 0 Å². The number of hydrogen-bond donors (Lipinski definition) is 1. The lowest BCUT2D eigenvalue weighted by Crippen LogP contribution is -2.09. The summed E-state index contributed by atoms with van der Waals surface area (Å²) in [6.45, 7) is 3.70. The number of hydrogen-bond acceptors (Lipinski definition) is 2. The zero-order valence-corrected chi connectivity index (χ0v) is 11.6. The molecule has 6 heteroatoms. The average molecular weight is 285 g/mol. The Morgan fingerprint density at radius 2 is 2.05 bits per heavy atom. The first kappa shape index (κ1) is 13.7. The van der Waals surface area contributed by atoms with Crippen molar-refractivity contribution in [3.63, 3.8) is 0 Å². The van der Waals surface area contributed by atoms with E-state index in [1.54, 1.807) is 7.05 Å². The molecule has 0 bridgehead atoms. The van der Waals surface area contributed by atoms with Crippen molar-refractivity contribution in [1.82, 2.24) is 9.78 Å². The molecule has 4 nitrogen and oxygen atoms in total. The maximum absolute atomic E-state index is 13.9. The van der Waals surface area contributed by atoms with Crippen molar-refractivity contribution in [2.24, 2.45) is 7.05 Å². The molecular formula is C13H14ClFN2O2. The van der Waals surface area contributed by atoms with Gasteiger partial charge in [-0.05, 0) is 26.0 Å². The van der Waals surface area contributed by atoms with Crippen LogP contribution in [0.5, 0.6) is 5.75 Å². The minimum Gasteiger partial charge on any atom is -0.489 e. The quantitative estimate of drug-likeness (QED) is 0.942. The van der Waals surface area contributed by atoms with E-state index >= 15 is 0 Å². The number of aromatic amines is 1. The zero-order valence-electron chi connectivity index (χ0n) is 10.8. The molecule has 0 saturated heterocycles. The molecule has 1 aromatic heterocycles. The van der Waals surface area contributed by atoms with E-state index in [0.717, 1.165) is 0 Å². The number of benzene rings is 1. The van der Waals surface area contributed by atoms with Gasteiger partial charge in [0.15, 0.2) is 0 Å². The van der Waals surface area contributed by atoms with Gasteiger partial charge < -0.3 is 4.74 Å². The van der Waals surface area contributed by atoms with Gasteiger partial charge in [0.25, 0.3) is 5.56 Å². The summed E-state index contributed by atoms with van der Waals surface area (Å²) in [5.41, 5.74) is 0.392. The Labute approximate surface area is 114 Å². The number of aromatic nitrogens is 2. The molecular weight excluding hydrogens is 271 g/mol. The van der Waals surface area contributed by atoms with E-state index in [1.807, 2.05) is 13.8 Å². The second-order valence-electron chi connectivity index (χ2n) is 4.50. The van der Waals surface area contributed by atoms with Crippen LogP contribution < -0.4 is 10.3 Å². The van der Waals surface area contributed by atoms with Crippen molar-refractivity contribution in [1.29, 1.82) is 0 Å². The molecule has 0 atom stereocenters. The first-order valence-corrected chi connectivity index (χ1v) is 6.18. The molecule has 102 valence electrons. The number of halogens is 2. The summed E-state index contributed by atoms with van der Waals surface area (Å²) < 4.78 is 20.7. The summed E-state index contributed by atoms with van der Waals surface area (Å²) in [5.74, 6) is -0.124. The van der Waals surface area contributed by atoms with Crippen molar-refractivity contribution in [3.8, 4) is 17.0 Å². The lowest BCUT2D eigenvalue weighted by Gasteiger charge is -2.13. The topological polar surface area (TPSA) is 47.0 Å². The lowest BCUT2D eigenvalue weighted by atomic mass is 10.1. The van der Waals surface area contributed by atoms with Gasteiger partial charge in [0.05, 0.1) is 16.8 Å². The third kappa shape index (κ3) is 2.81. The monoisotopic (exact) mass is 284 g/mol. The summed E-state index contributed by atoms with van der Waals surface area (Å²) in [6.07, 6.45) is -0.0781. The molecule has 2 aromatic rings. The van der Waals surface area contributed by atoms with Crippen LogP contribution in [0.1, 0.15) is 13.8 Å². The van der Waals surface area contributed by atoms with Crippen LogP contribution in [0.3, 0.4) is 0 Å². The molecule has 0 radical (unpaired) electrons. The lowest BCUT2D eigenvalue weighted by molar-refractivity contribution is 0.242. The van der Waals surface area contributed by atoms with E-state index in [4.69, 9.17) is 16.3 Å². The molecule has 0 aliphatic heterocycles. The Hall–Kier alpha value is -1.75. The Kier molecular flexibility index (Phi) is 3.66. The normalized spacial score (nSPS) is 11.1. The summed E-state index contributed by atoms with van der Waals surface area (Å²) >= 11 is 5.93. The summed E-state index contributed by atoms with van der Waals surface area (Å²) in [5, 5.41) is 2.97. The number of ether oxygens (including phenoxy) is 1. The highest BCUT2D eigenvalue weighted by molar-refractivity contribution is 6.32. The smallest absolute Gasteiger partial charge is 0.266 e. The number of rotatable bonds is 3. The predicted octanol–water partition coefficient (Wildman–Crippen LogP) is 2.96. The molecule has 0 aliphatic carbocycles.